The molecule has 0 aromatic heterocycles. The molecule has 0 unspecified atom stereocenters. The van der Waals surface area contributed by atoms with Gasteiger partial charge in [0.2, 0.25) is 11.8 Å². The van der Waals surface area contributed by atoms with Gasteiger partial charge in [-0.25, -0.2) is 0 Å². The van der Waals surface area contributed by atoms with Crippen LogP contribution in [0.3, 0.4) is 0 Å². The minimum atomic E-state index is -0.519. The number of benzene rings is 2. The van der Waals surface area contributed by atoms with E-state index in [4.69, 9.17) is 14.2 Å². The molecule has 1 N–H and O–H groups in total. The topological polar surface area (TPSA) is 77.1 Å². The van der Waals surface area contributed by atoms with E-state index in [0.717, 1.165) is 42.6 Å². The molecule has 2 amide bonds. The molecular formula is C30H42N2O5. The number of nitrogens with zero attached hydrogens (tertiary/aromatic N) is 1. The van der Waals surface area contributed by atoms with E-state index in [1.807, 2.05) is 63.2 Å². The van der Waals surface area contributed by atoms with E-state index in [1.54, 1.807) is 12.0 Å². The van der Waals surface area contributed by atoms with Crippen LogP contribution in [0.25, 0.3) is 0 Å². The average Bonchev–Trinajstić information content (AvgIpc) is 3.42. The zero-order valence-electron chi connectivity index (χ0n) is 22.8. The highest BCUT2D eigenvalue weighted by atomic mass is 16.5. The van der Waals surface area contributed by atoms with E-state index in [1.165, 1.54) is 0 Å². The number of aryl methyl sites for hydroxylation is 1. The summed E-state index contributed by atoms with van der Waals surface area (Å²) >= 11 is 0. The summed E-state index contributed by atoms with van der Waals surface area (Å²) in [4.78, 5) is 28.7. The summed E-state index contributed by atoms with van der Waals surface area (Å²) in [5.41, 5.74) is 1.95. The molecule has 7 nitrogen and oxygen atoms in total. The lowest BCUT2D eigenvalue weighted by Gasteiger charge is -2.31. The Balaban J connectivity index is 1.77. The Labute approximate surface area is 221 Å². The maximum Gasteiger partial charge on any atom is 0.243 e. The number of ether oxygens (including phenoxy) is 3. The van der Waals surface area contributed by atoms with Crippen molar-refractivity contribution < 1.29 is 23.8 Å². The quantitative estimate of drug-likeness (QED) is 0.374. The second-order valence-electron chi connectivity index (χ2n) is 9.43. The van der Waals surface area contributed by atoms with Crippen LogP contribution in [0.5, 0.6) is 17.2 Å². The maximum atomic E-state index is 13.6. The average molecular weight is 511 g/mol. The van der Waals surface area contributed by atoms with Crippen LogP contribution in [0, 0.1) is 0 Å². The number of carbonyl (C=O) groups is 2. The van der Waals surface area contributed by atoms with Crippen LogP contribution in [0.1, 0.15) is 70.4 Å². The van der Waals surface area contributed by atoms with E-state index >= 15 is 0 Å². The fraction of sp³-hybridized carbons (Fsp3) is 0.533. The molecule has 1 saturated carbocycles. The molecule has 1 fully saturated rings. The first-order valence-corrected chi connectivity index (χ1v) is 13.6. The van der Waals surface area contributed by atoms with Crippen molar-refractivity contribution in [2.75, 3.05) is 20.3 Å². The van der Waals surface area contributed by atoms with Crippen LogP contribution in [-0.4, -0.2) is 49.1 Å². The lowest BCUT2D eigenvalue weighted by atomic mass is 10.0. The molecule has 2 aromatic rings. The summed E-state index contributed by atoms with van der Waals surface area (Å²) in [5, 5.41) is 3.20. The van der Waals surface area contributed by atoms with Crippen molar-refractivity contribution >= 4 is 11.8 Å². The molecule has 0 radical (unpaired) electrons. The van der Waals surface area contributed by atoms with E-state index < -0.39 is 6.04 Å². The minimum absolute atomic E-state index is 0.0453. The van der Waals surface area contributed by atoms with Crippen molar-refractivity contribution in [3.8, 4) is 17.2 Å². The molecule has 3 rings (SSSR count). The third kappa shape index (κ3) is 8.14. The Hall–Kier alpha value is -3.22. The van der Waals surface area contributed by atoms with Crippen molar-refractivity contribution in [2.45, 2.75) is 84.3 Å². The first-order chi connectivity index (χ1) is 18.0. The van der Waals surface area contributed by atoms with Crippen LogP contribution >= 0.6 is 0 Å². The summed E-state index contributed by atoms with van der Waals surface area (Å²) in [6.45, 7) is 7.30. The largest absolute Gasteiger partial charge is 0.497 e. The lowest BCUT2D eigenvalue weighted by Crippen LogP contribution is -2.51. The van der Waals surface area contributed by atoms with Crippen molar-refractivity contribution in [1.82, 2.24) is 10.2 Å². The van der Waals surface area contributed by atoms with Crippen LogP contribution in [-0.2, 0) is 22.6 Å². The molecule has 202 valence electrons. The van der Waals surface area contributed by atoms with Crippen molar-refractivity contribution in [1.29, 1.82) is 0 Å². The van der Waals surface area contributed by atoms with Gasteiger partial charge in [0.1, 0.15) is 11.8 Å². The highest BCUT2D eigenvalue weighted by Crippen LogP contribution is 2.29. The van der Waals surface area contributed by atoms with Crippen molar-refractivity contribution in [3.05, 3.63) is 53.6 Å². The second-order valence-corrected chi connectivity index (χ2v) is 9.43. The molecule has 7 heteroatoms. The second kappa shape index (κ2) is 14.5. The molecule has 0 heterocycles. The van der Waals surface area contributed by atoms with Gasteiger partial charge in [0.25, 0.3) is 0 Å². The Bertz CT molecular complexity index is 1000. The molecule has 1 atom stereocenters. The molecule has 0 bridgehead atoms. The van der Waals surface area contributed by atoms with Gasteiger partial charge in [-0.05, 0) is 74.9 Å². The number of carbonyl (C=O) groups excluding carboxylic acids is 2. The SMILES string of the molecule is CCOc1ccc(CCC(=O)N(Cc2ccc(OC)cc2)[C@@H](CC)C(=O)NC2CCCC2)cc1OCC. The van der Waals surface area contributed by atoms with Crippen LogP contribution < -0.4 is 19.5 Å². The van der Waals surface area contributed by atoms with Gasteiger partial charge in [-0.15, -0.1) is 0 Å². The molecule has 0 saturated heterocycles. The number of rotatable bonds is 14. The predicted octanol–water partition coefficient (Wildman–Crippen LogP) is 5.29. The van der Waals surface area contributed by atoms with Gasteiger partial charge in [-0.1, -0.05) is 38.0 Å². The van der Waals surface area contributed by atoms with E-state index in [2.05, 4.69) is 5.32 Å². The van der Waals surface area contributed by atoms with Gasteiger partial charge in [0.15, 0.2) is 11.5 Å². The molecule has 1 aliphatic carbocycles. The van der Waals surface area contributed by atoms with Crippen molar-refractivity contribution in [2.24, 2.45) is 0 Å². The molecule has 2 aromatic carbocycles. The summed E-state index contributed by atoms with van der Waals surface area (Å²) in [6, 6.07) is 13.2. The molecule has 0 spiro atoms. The van der Waals surface area contributed by atoms with Crippen LogP contribution in [0.15, 0.2) is 42.5 Å². The number of hydrogen-bond acceptors (Lipinski definition) is 5. The number of nitrogens with one attached hydrogen (secondary N) is 1. The van der Waals surface area contributed by atoms with Gasteiger partial charge < -0.3 is 24.4 Å². The monoisotopic (exact) mass is 510 g/mol. The Morgan fingerprint density at radius 2 is 1.59 bits per heavy atom. The molecular weight excluding hydrogens is 468 g/mol. The van der Waals surface area contributed by atoms with E-state index in [9.17, 15) is 9.59 Å². The smallest absolute Gasteiger partial charge is 0.243 e. The fourth-order valence-corrected chi connectivity index (χ4v) is 4.86. The summed E-state index contributed by atoms with van der Waals surface area (Å²) in [7, 11) is 1.63. The van der Waals surface area contributed by atoms with Gasteiger partial charge in [0.05, 0.1) is 20.3 Å². The fourth-order valence-electron chi connectivity index (χ4n) is 4.86. The molecule has 37 heavy (non-hydrogen) atoms. The Morgan fingerprint density at radius 1 is 0.946 bits per heavy atom. The van der Waals surface area contributed by atoms with Gasteiger partial charge in [-0.3, -0.25) is 9.59 Å². The first kappa shape index (κ1) is 28.4. The Kier molecular flexibility index (Phi) is 11.1. The first-order valence-electron chi connectivity index (χ1n) is 13.6. The van der Waals surface area contributed by atoms with Gasteiger partial charge in [0, 0.05) is 19.0 Å². The van der Waals surface area contributed by atoms with Crippen LogP contribution in [0.4, 0.5) is 0 Å². The highest BCUT2D eigenvalue weighted by molar-refractivity contribution is 5.88. The van der Waals surface area contributed by atoms with E-state index in [-0.39, 0.29) is 17.9 Å². The standard InChI is InChI=1S/C30H42N2O5/c1-5-26(30(34)31-24-10-8-9-11-24)32(21-23-12-16-25(35-4)17-13-23)29(33)19-15-22-14-18-27(36-6-2)28(20-22)37-7-3/h12-14,16-18,20,24,26H,5-11,15,19,21H2,1-4H3,(H,31,34)/t26-/m0/s1. The van der Waals surface area contributed by atoms with E-state index in [0.29, 0.717) is 50.5 Å². The zero-order chi connectivity index (χ0) is 26.6. The third-order valence-electron chi connectivity index (χ3n) is 6.83. The number of amides is 2. The summed E-state index contributed by atoms with van der Waals surface area (Å²) in [6.07, 6.45) is 5.69. The maximum absolute atomic E-state index is 13.6. The Morgan fingerprint density at radius 3 is 2.22 bits per heavy atom. The minimum Gasteiger partial charge on any atom is -0.497 e. The number of hydrogen-bond donors (Lipinski definition) is 1. The predicted molar refractivity (Wildman–Crippen MR) is 145 cm³/mol. The van der Waals surface area contributed by atoms with Gasteiger partial charge in [-0.2, -0.15) is 0 Å². The normalized spacial score (nSPS) is 14.2. The highest BCUT2D eigenvalue weighted by Gasteiger charge is 2.30. The van der Waals surface area contributed by atoms with Crippen molar-refractivity contribution in [3.63, 3.8) is 0 Å². The van der Waals surface area contributed by atoms with Gasteiger partial charge >= 0.3 is 0 Å². The lowest BCUT2D eigenvalue weighted by molar-refractivity contribution is -0.141. The molecule has 1 aliphatic rings. The summed E-state index contributed by atoms with van der Waals surface area (Å²) in [5.74, 6) is 2.04. The summed E-state index contributed by atoms with van der Waals surface area (Å²) < 4.78 is 16.7. The third-order valence-corrected chi connectivity index (χ3v) is 6.83. The zero-order valence-corrected chi connectivity index (χ0v) is 22.8. The number of methoxy groups -OCH3 is 1. The van der Waals surface area contributed by atoms with Crippen LogP contribution in [0.2, 0.25) is 0 Å². The molecule has 0 aliphatic heterocycles.